The molecule has 116 valence electrons. The Kier molecular flexibility index (Phi) is 6.39. The van der Waals surface area contributed by atoms with Gasteiger partial charge in [-0.05, 0) is 30.5 Å². The van der Waals surface area contributed by atoms with E-state index in [9.17, 15) is 14.7 Å². The highest BCUT2D eigenvalue weighted by molar-refractivity contribution is 5.86. The zero-order valence-corrected chi connectivity index (χ0v) is 12.1. The molecular weight excluding hydrogens is 298 g/mol. The van der Waals surface area contributed by atoms with Crippen LogP contribution >= 0.6 is 12.4 Å². The zero-order valence-electron chi connectivity index (χ0n) is 11.3. The van der Waals surface area contributed by atoms with Gasteiger partial charge < -0.3 is 20.4 Å². The first kappa shape index (κ1) is 17.2. The summed E-state index contributed by atoms with van der Waals surface area (Å²) in [6.07, 6.45) is 2.19. The van der Waals surface area contributed by atoms with Gasteiger partial charge in [0.25, 0.3) is 0 Å². The van der Waals surface area contributed by atoms with Crippen LogP contribution in [0.25, 0.3) is 0 Å². The highest BCUT2D eigenvalue weighted by atomic mass is 35.5. The maximum Gasteiger partial charge on any atom is 0.405 e. The van der Waals surface area contributed by atoms with Crippen molar-refractivity contribution in [1.82, 2.24) is 15.2 Å². The van der Waals surface area contributed by atoms with Crippen LogP contribution in [-0.4, -0.2) is 51.2 Å². The van der Waals surface area contributed by atoms with E-state index in [1.54, 1.807) is 17.0 Å². The third-order valence-electron chi connectivity index (χ3n) is 3.33. The first-order chi connectivity index (χ1) is 9.59. The fourth-order valence-electron chi connectivity index (χ4n) is 2.30. The van der Waals surface area contributed by atoms with Gasteiger partial charge in [0.15, 0.2) is 0 Å². The molecule has 2 amide bonds. The number of aliphatic hydroxyl groups is 1. The average Bonchev–Trinajstić information content (AvgIpc) is 2.98. The molecule has 2 atom stereocenters. The van der Waals surface area contributed by atoms with Gasteiger partial charge in [0.05, 0.1) is 0 Å². The topological polar surface area (TPSA) is 103 Å². The normalized spacial score (nSPS) is 16.7. The number of nitrogens with one attached hydrogen (secondary N) is 1. The lowest BCUT2D eigenvalue weighted by Crippen LogP contribution is -2.50. The molecule has 1 aliphatic rings. The van der Waals surface area contributed by atoms with E-state index in [0.29, 0.717) is 18.7 Å². The molecule has 3 N–H and O–H groups in total. The minimum atomic E-state index is -1.34. The second-order valence-electron chi connectivity index (χ2n) is 4.68. The monoisotopic (exact) mass is 315 g/mol. The second kappa shape index (κ2) is 7.80. The van der Waals surface area contributed by atoms with Crippen LogP contribution in [0.3, 0.4) is 0 Å². The lowest BCUT2D eigenvalue weighted by Gasteiger charge is -2.26. The first-order valence-electron chi connectivity index (χ1n) is 6.46. The summed E-state index contributed by atoms with van der Waals surface area (Å²) in [4.78, 5) is 28.6. The Morgan fingerprint density at radius 2 is 1.81 bits per heavy atom. The minimum Gasteiger partial charge on any atom is -0.465 e. The molecule has 2 rings (SSSR count). The third kappa shape index (κ3) is 4.30. The number of hydrogen-bond donors (Lipinski definition) is 3. The predicted octanol–water partition coefficient (Wildman–Crippen LogP) is 0.795. The van der Waals surface area contributed by atoms with Crippen LogP contribution in [0.4, 0.5) is 4.79 Å². The van der Waals surface area contributed by atoms with Crippen molar-refractivity contribution in [2.75, 3.05) is 13.1 Å². The van der Waals surface area contributed by atoms with Crippen molar-refractivity contribution in [2.45, 2.75) is 25.0 Å². The summed E-state index contributed by atoms with van der Waals surface area (Å²) in [5.74, 6) is -0.394. The molecule has 0 radical (unpaired) electrons. The molecule has 1 aromatic rings. The molecule has 0 spiro atoms. The maximum absolute atomic E-state index is 12.3. The molecule has 2 heterocycles. The van der Waals surface area contributed by atoms with Gasteiger partial charge in [-0.3, -0.25) is 9.78 Å². The molecule has 1 saturated heterocycles. The highest BCUT2D eigenvalue weighted by Gasteiger charge is 2.34. The minimum absolute atomic E-state index is 0. The van der Waals surface area contributed by atoms with Crippen molar-refractivity contribution >= 4 is 24.4 Å². The Balaban J connectivity index is 0.00000220. The van der Waals surface area contributed by atoms with E-state index in [1.165, 1.54) is 12.4 Å². The van der Waals surface area contributed by atoms with E-state index in [2.05, 4.69) is 10.3 Å². The van der Waals surface area contributed by atoms with Crippen molar-refractivity contribution in [3.63, 3.8) is 0 Å². The van der Waals surface area contributed by atoms with Gasteiger partial charge >= 0.3 is 6.09 Å². The first-order valence-corrected chi connectivity index (χ1v) is 6.46. The van der Waals surface area contributed by atoms with Gasteiger partial charge in [-0.15, -0.1) is 12.4 Å². The van der Waals surface area contributed by atoms with Gasteiger partial charge in [0, 0.05) is 25.5 Å². The van der Waals surface area contributed by atoms with Crippen LogP contribution in [-0.2, 0) is 4.79 Å². The molecular formula is C13H18ClN3O4. The summed E-state index contributed by atoms with van der Waals surface area (Å²) in [5.41, 5.74) is 0.450. The van der Waals surface area contributed by atoms with Crippen molar-refractivity contribution in [2.24, 2.45) is 0 Å². The largest absolute Gasteiger partial charge is 0.465 e. The van der Waals surface area contributed by atoms with Gasteiger partial charge in [-0.25, -0.2) is 4.79 Å². The van der Waals surface area contributed by atoms with Crippen LogP contribution in [0, 0.1) is 0 Å². The summed E-state index contributed by atoms with van der Waals surface area (Å²) in [6, 6.07) is 1.91. The molecule has 1 aromatic heterocycles. The molecule has 0 bridgehead atoms. The third-order valence-corrected chi connectivity index (χ3v) is 3.33. The molecule has 0 aromatic carbocycles. The number of aromatic nitrogens is 1. The Labute approximate surface area is 128 Å². The van der Waals surface area contributed by atoms with E-state index in [1.807, 2.05) is 0 Å². The molecule has 0 saturated carbocycles. The lowest BCUT2D eigenvalue weighted by atomic mass is 10.0. The van der Waals surface area contributed by atoms with Crippen molar-refractivity contribution in [3.05, 3.63) is 30.1 Å². The van der Waals surface area contributed by atoms with Crippen LogP contribution in [0.1, 0.15) is 24.5 Å². The zero-order chi connectivity index (χ0) is 14.5. The molecule has 0 aliphatic carbocycles. The van der Waals surface area contributed by atoms with Crippen LogP contribution in [0.5, 0.6) is 0 Å². The maximum atomic E-state index is 12.3. The number of halogens is 1. The summed E-state index contributed by atoms with van der Waals surface area (Å²) in [7, 11) is 0. The molecule has 2 unspecified atom stereocenters. The molecule has 1 aliphatic heterocycles. The number of carbonyl (C=O) groups is 2. The Hall–Kier alpha value is -1.86. The summed E-state index contributed by atoms with van der Waals surface area (Å²) < 4.78 is 0. The fourth-order valence-corrected chi connectivity index (χ4v) is 2.30. The van der Waals surface area contributed by atoms with Crippen LogP contribution in [0.15, 0.2) is 24.5 Å². The molecule has 8 heteroatoms. The van der Waals surface area contributed by atoms with Crippen molar-refractivity contribution < 1.29 is 19.8 Å². The van der Waals surface area contributed by atoms with Crippen LogP contribution < -0.4 is 5.32 Å². The molecule has 1 fully saturated rings. The number of aliphatic hydroxyl groups excluding tert-OH is 1. The fraction of sp³-hybridized carbons (Fsp3) is 0.462. The number of likely N-dealkylation sites (tertiary alicyclic amines) is 1. The van der Waals surface area contributed by atoms with E-state index >= 15 is 0 Å². The van der Waals surface area contributed by atoms with Gasteiger partial charge in [-0.1, -0.05) is 0 Å². The number of pyridine rings is 1. The second-order valence-corrected chi connectivity index (χ2v) is 4.68. The van der Waals surface area contributed by atoms with Crippen LogP contribution in [0.2, 0.25) is 0 Å². The lowest BCUT2D eigenvalue weighted by molar-refractivity contribution is -0.135. The Morgan fingerprint density at radius 3 is 2.33 bits per heavy atom. The predicted molar refractivity (Wildman–Crippen MR) is 77.2 cm³/mol. The Bertz CT molecular complexity index is 480. The average molecular weight is 316 g/mol. The summed E-state index contributed by atoms with van der Waals surface area (Å²) in [6.45, 7) is 1.19. The number of nitrogens with zero attached hydrogens (tertiary/aromatic N) is 2. The van der Waals surface area contributed by atoms with Gasteiger partial charge in [0.1, 0.15) is 12.1 Å². The quantitative estimate of drug-likeness (QED) is 0.762. The standard InChI is InChI=1S/C13H17N3O4.ClH/c17-11(9-3-5-14-6-4-9)10(15-13(19)20)12(18)16-7-1-2-8-16;/h3-6,10-11,15,17H,1-2,7-8H2,(H,19,20);1H. The number of carbonyl (C=O) groups excluding carboxylic acids is 1. The van der Waals surface area contributed by atoms with Gasteiger partial charge in [0.2, 0.25) is 5.91 Å². The smallest absolute Gasteiger partial charge is 0.405 e. The van der Waals surface area contributed by atoms with E-state index in [-0.39, 0.29) is 12.4 Å². The van der Waals surface area contributed by atoms with E-state index in [4.69, 9.17) is 5.11 Å². The van der Waals surface area contributed by atoms with Gasteiger partial charge in [-0.2, -0.15) is 0 Å². The highest BCUT2D eigenvalue weighted by Crippen LogP contribution is 2.19. The molecule has 7 nitrogen and oxygen atoms in total. The van der Waals surface area contributed by atoms with Crippen molar-refractivity contribution in [1.29, 1.82) is 0 Å². The Morgan fingerprint density at radius 1 is 1.24 bits per heavy atom. The SMILES string of the molecule is Cl.O=C(O)NC(C(=O)N1CCCC1)C(O)c1ccncc1. The molecule has 21 heavy (non-hydrogen) atoms. The number of hydrogen-bond acceptors (Lipinski definition) is 4. The number of rotatable bonds is 4. The van der Waals surface area contributed by atoms with E-state index < -0.39 is 24.1 Å². The van der Waals surface area contributed by atoms with Crippen molar-refractivity contribution in [3.8, 4) is 0 Å². The summed E-state index contributed by atoms with van der Waals surface area (Å²) >= 11 is 0. The van der Waals surface area contributed by atoms with E-state index in [0.717, 1.165) is 12.8 Å². The number of amides is 2. The summed E-state index contributed by atoms with van der Waals surface area (Å²) in [5, 5.41) is 21.2. The number of carboxylic acid groups (broad SMARTS) is 1.